The number of nitrogens with one attached hydrogen (secondary N) is 1. The summed E-state index contributed by atoms with van der Waals surface area (Å²) in [5.74, 6) is 0. The topological polar surface area (TPSA) is 15.3 Å². The maximum absolute atomic E-state index is 4.16. The van der Waals surface area contributed by atoms with Crippen LogP contribution in [0.1, 0.15) is 40.5 Å². The second-order valence-corrected chi connectivity index (χ2v) is 6.26. The molecule has 0 aromatic rings. The molecule has 0 amide bonds. The second kappa shape index (κ2) is 5.83. The van der Waals surface area contributed by atoms with Gasteiger partial charge in [-0.2, -0.15) is 0 Å². The van der Waals surface area contributed by atoms with Crippen LogP contribution < -0.4 is 5.32 Å². The lowest BCUT2D eigenvalue weighted by Gasteiger charge is -2.38. The number of piperidine rings is 1. The fraction of sp³-hybridized carbons (Fsp3) is 0.857. The predicted octanol–water partition coefficient (Wildman–Crippen LogP) is 2.66. The molecule has 1 saturated heterocycles. The van der Waals surface area contributed by atoms with E-state index in [1.807, 2.05) is 0 Å². The van der Waals surface area contributed by atoms with E-state index >= 15 is 0 Å². The second-order valence-electron chi connectivity index (χ2n) is 6.26. The van der Waals surface area contributed by atoms with Gasteiger partial charge in [-0.1, -0.05) is 34.3 Å². The molecule has 1 heterocycles. The van der Waals surface area contributed by atoms with Gasteiger partial charge in [0.25, 0.3) is 0 Å². The monoisotopic (exact) mass is 224 g/mol. The maximum atomic E-state index is 4.16. The Morgan fingerprint density at radius 1 is 1.44 bits per heavy atom. The minimum atomic E-state index is 0.490. The quantitative estimate of drug-likeness (QED) is 0.722. The largest absolute Gasteiger partial charge is 0.311 e. The summed E-state index contributed by atoms with van der Waals surface area (Å²) in [6.07, 6.45) is 2.69. The van der Waals surface area contributed by atoms with Crippen molar-refractivity contribution in [1.82, 2.24) is 10.2 Å². The highest BCUT2D eigenvalue weighted by molar-refractivity contribution is 5.01. The van der Waals surface area contributed by atoms with Crippen LogP contribution in [-0.2, 0) is 0 Å². The van der Waals surface area contributed by atoms with Crippen LogP contribution in [0.3, 0.4) is 0 Å². The van der Waals surface area contributed by atoms with Crippen LogP contribution in [0, 0.1) is 5.41 Å². The molecule has 1 N–H and O–H groups in total. The molecule has 0 spiro atoms. The van der Waals surface area contributed by atoms with E-state index < -0.39 is 0 Å². The zero-order chi connectivity index (χ0) is 12.2. The third-order valence-electron chi connectivity index (χ3n) is 3.19. The highest BCUT2D eigenvalue weighted by Gasteiger charge is 2.26. The van der Waals surface area contributed by atoms with Gasteiger partial charge in [0.2, 0.25) is 0 Å². The molecule has 2 nitrogen and oxygen atoms in total. The van der Waals surface area contributed by atoms with Crippen LogP contribution in [0.15, 0.2) is 12.2 Å². The summed E-state index contributed by atoms with van der Waals surface area (Å²) in [6.45, 7) is 17.7. The van der Waals surface area contributed by atoms with E-state index in [1.54, 1.807) is 0 Å². The molecular weight excluding hydrogens is 196 g/mol. The van der Waals surface area contributed by atoms with E-state index in [-0.39, 0.29) is 0 Å². The first-order valence-corrected chi connectivity index (χ1v) is 6.51. The molecular formula is C14H28N2. The molecule has 2 heteroatoms. The third kappa shape index (κ3) is 5.13. The number of hydrogen-bond donors (Lipinski definition) is 1. The molecule has 0 unspecified atom stereocenters. The Kier molecular flexibility index (Phi) is 5.00. The minimum absolute atomic E-state index is 0.490. The van der Waals surface area contributed by atoms with Crippen LogP contribution in [0.2, 0.25) is 0 Å². The van der Waals surface area contributed by atoms with Gasteiger partial charge in [-0.3, -0.25) is 4.90 Å². The van der Waals surface area contributed by atoms with Crippen LogP contribution in [0.4, 0.5) is 0 Å². The summed E-state index contributed by atoms with van der Waals surface area (Å²) in [6, 6.07) is 0.551. The lowest BCUT2D eigenvalue weighted by molar-refractivity contribution is 0.126. The van der Waals surface area contributed by atoms with E-state index in [0.717, 1.165) is 13.1 Å². The van der Waals surface area contributed by atoms with Crippen molar-refractivity contribution in [3.05, 3.63) is 12.2 Å². The summed E-state index contributed by atoms with van der Waals surface area (Å²) >= 11 is 0. The van der Waals surface area contributed by atoms with Crippen molar-refractivity contribution in [2.24, 2.45) is 5.41 Å². The Balaban J connectivity index is 2.28. The van der Waals surface area contributed by atoms with Crippen LogP contribution in [0.5, 0.6) is 0 Å². The molecule has 16 heavy (non-hydrogen) atoms. The van der Waals surface area contributed by atoms with Gasteiger partial charge >= 0.3 is 0 Å². The molecule has 0 atom stereocenters. The first-order valence-electron chi connectivity index (χ1n) is 6.51. The van der Waals surface area contributed by atoms with Gasteiger partial charge < -0.3 is 5.32 Å². The van der Waals surface area contributed by atoms with E-state index in [2.05, 4.69) is 44.5 Å². The Hall–Kier alpha value is -0.340. The molecule has 0 aromatic carbocycles. The van der Waals surface area contributed by atoms with Gasteiger partial charge in [-0.15, -0.1) is 0 Å². The van der Waals surface area contributed by atoms with Gasteiger partial charge in [0.1, 0.15) is 0 Å². The Morgan fingerprint density at radius 3 is 2.69 bits per heavy atom. The van der Waals surface area contributed by atoms with Gasteiger partial charge in [-0.25, -0.2) is 0 Å². The SMILES string of the molecule is C=C(CNC(C)C)CN1CCCC(C)(C)C1. The summed E-state index contributed by atoms with van der Waals surface area (Å²) < 4.78 is 0. The first-order chi connectivity index (χ1) is 7.39. The summed E-state index contributed by atoms with van der Waals surface area (Å²) in [4.78, 5) is 2.55. The van der Waals surface area contributed by atoms with Crippen LogP contribution in [0.25, 0.3) is 0 Å². The molecule has 1 aliphatic heterocycles. The number of rotatable bonds is 5. The number of likely N-dealkylation sites (tertiary alicyclic amines) is 1. The average molecular weight is 224 g/mol. The lowest BCUT2D eigenvalue weighted by atomic mass is 9.84. The zero-order valence-corrected chi connectivity index (χ0v) is 11.5. The van der Waals surface area contributed by atoms with Gasteiger partial charge in [0.05, 0.1) is 0 Å². The van der Waals surface area contributed by atoms with Crippen molar-refractivity contribution in [2.75, 3.05) is 26.2 Å². The molecule has 0 aromatic heterocycles. The Bertz CT molecular complexity index is 231. The van der Waals surface area contributed by atoms with Crippen LogP contribution >= 0.6 is 0 Å². The smallest absolute Gasteiger partial charge is 0.0203 e. The van der Waals surface area contributed by atoms with E-state index in [9.17, 15) is 0 Å². The molecule has 94 valence electrons. The van der Waals surface area contributed by atoms with E-state index in [1.165, 1.54) is 31.5 Å². The molecule has 1 rings (SSSR count). The highest BCUT2D eigenvalue weighted by Crippen LogP contribution is 2.28. The molecule has 0 bridgehead atoms. The Labute approximate surface area is 101 Å². The molecule has 0 radical (unpaired) electrons. The van der Waals surface area contributed by atoms with E-state index in [0.29, 0.717) is 11.5 Å². The Morgan fingerprint density at radius 2 is 2.12 bits per heavy atom. The maximum Gasteiger partial charge on any atom is 0.0203 e. The number of hydrogen-bond acceptors (Lipinski definition) is 2. The van der Waals surface area contributed by atoms with Crippen molar-refractivity contribution in [3.8, 4) is 0 Å². The van der Waals surface area contributed by atoms with Crippen molar-refractivity contribution in [2.45, 2.75) is 46.6 Å². The minimum Gasteiger partial charge on any atom is -0.311 e. The van der Waals surface area contributed by atoms with Gasteiger partial charge in [0.15, 0.2) is 0 Å². The van der Waals surface area contributed by atoms with Crippen molar-refractivity contribution < 1.29 is 0 Å². The van der Waals surface area contributed by atoms with Crippen molar-refractivity contribution in [3.63, 3.8) is 0 Å². The van der Waals surface area contributed by atoms with Crippen molar-refractivity contribution in [1.29, 1.82) is 0 Å². The first kappa shape index (κ1) is 13.7. The van der Waals surface area contributed by atoms with Crippen LogP contribution in [-0.4, -0.2) is 37.1 Å². The fourth-order valence-corrected chi connectivity index (χ4v) is 2.40. The third-order valence-corrected chi connectivity index (χ3v) is 3.19. The molecule has 0 aliphatic carbocycles. The molecule has 1 fully saturated rings. The molecule has 0 saturated carbocycles. The van der Waals surface area contributed by atoms with Gasteiger partial charge in [-0.05, 0) is 30.4 Å². The standard InChI is InChI=1S/C14H28N2/c1-12(2)15-9-13(3)10-16-8-6-7-14(4,5)11-16/h12,15H,3,6-11H2,1-2,4-5H3. The normalized spacial score (nSPS) is 21.3. The summed E-state index contributed by atoms with van der Waals surface area (Å²) in [5, 5.41) is 3.43. The molecule has 1 aliphatic rings. The van der Waals surface area contributed by atoms with Gasteiger partial charge in [0, 0.05) is 25.7 Å². The summed E-state index contributed by atoms with van der Waals surface area (Å²) in [5.41, 5.74) is 1.80. The lowest BCUT2D eigenvalue weighted by Crippen LogP contribution is -2.41. The fourth-order valence-electron chi connectivity index (χ4n) is 2.40. The number of nitrogens with zero attached hydrogens (tertiary/aromatic N) is 1. The van der Waals surface area contributed by atoms with Crippen molar-refractivity contribution >= 4 is 0 Å². The van der Waals surface area contributed by atoms with E-state index in [4.69, 9.17) is 0 Å². The highest BCUT2D eigenvalue weighted by atomic mass is 15.1. The predicted molar refractivity (Wildman–Crippen MR) is 71.7 cm³/mol. The average Bonchev–Trinajstić information content (AvgIpc) is 2.13. The zero-order valence-electron chi connectivity index (χ0n) is 11.5. The summed E-state index contributed by atoms with van der Waals surface area (Å²) in [7, 11) is 0.